The molecule has 1 aliphatic heterocycles. The maximum atomic E-state index is 11.3. The minimum atomic E-state index is -0.471. The Morgan fingerprint density at radius 2 is 1.95 bits per heavy atom. The summed E-state index contributed by atoms with van der Waals surface area (Å²) in [4.78, 5) is 11.3. The molecular formula is C15H17NO3. The number of amides is 1. The van der Waals surface area contributed by atoms with Gasteiger partial charge in [0.25, 0.3) is 5.79 Å². The molecule has 0 radical (unpaired) electrons. The van der Waals surface area contributed by atoms with Gasteiger partial charge in [-0.2, -0.15) is 0 Å². The highest BCUT2D eigenvalue weighted by molar-refractivity contribution is 5.99. The largest absolute Gasteiger partial charge is 0.448 e. The average Bonchev–Trinajstić information content (AvgIpc) is 2.76. The van der Waals surface area contributed by atoms with E-state index in [4.69, 9.17) is 9.47 Å². The van der Waals surface area contributed by atoms with E-state index in [-0.39, 0.29) is 5.91 Å². The van der Waals surface area contributed by atoms with Crippen LogP contribution in [0.5, 0.6) is 11.5 Å². The maximum Gasteiger partial charge on any atom is 0.251 e. The fourth-order valence-electron chi connectivity index (χ4n) is 2.66. The Kier molecular flexibility index (Phi) is 2.93. The van der Waals surface area contributed by atoms with Crippen LogP contribution in [0.1, 0.15) is 32.1 Å². The molecule has 1 N–H and O–H groups in total. The summed E-state index contributed by atoms with van der Waals surface area (Å²) in [5, 5.41) is 2.72. The molecule has 1 aromatic carbocycles. The topological polar surface area (TPSA) is 47.6 Å². The minimum absolute atomic E-state index is 0.230. The van der Waals surface area contributed by atoms with Gasteiger partial charge in [-0.3, -0.25) is 4.79 Å². The van der Waals surface area contributed by atoms with E-state index in [0.717, 1.165) is 31.4 Å². The van der Waals surface area contributed by atoms with Crippen LogP contribution < -0.4 is 14.8 Å². The van der Waals surface area contributed by atoms with Gasteiger partial charge in [-0.1, -0.05) is 13.0 Å². The van der Waals surface area contributed by atoms with Crippen LogP contribution in [0.25, 0.3) is 0 Å². The van der Waals surface area contributed by atoms with Gasteiger partial charge in [0.1, 0.15) is 0 Å². The summed E-state index contributed by atoms with van der Waals surface area (Å²) in [5.41, 5.74) is 0.695. The first-order valence-electron chi connectivity index (χ1n) is 6.66. The van der Waals surface area contributed by atoms with Gasteiger partial charge in [0.15, 0.2) is 11.5 Å². The van der Waals surface area contributed by atoms with E-state index in [1.165, 1.54) is 12.5 Å². The second-order valence-electron chi connectivity index (χ2n) is 5.03. The molecule has 3 rings (SSSR count). The molecule has 1 fully saturated rings. The zero-order valence-electron chi connectivity index (χ0n) is 10.8. The van der Waals surface area contributed by atoms with Crippen molar-refractivity contribution >= 4 is 11.6 Å². The Balaban J connectivity index is 1.79. The van der Waals surface area contributed by atoms with E-state index in [1.807, 2.05) is 12.1 Å². The molecule has 4 nitrogen and oxygen atoms in total. The standard InChI is InChI=1S/C15H17NO3/c1-2-14(17)16-11-6-7-12-13(10-11)19-15(18-12)8-4-3-5-9-15/h2,6-7,10H,1,3-5,8-9H2,(H,16,17). The third kappa shape index (κ3) is 2.30. The molecule has 0 atom stereocenters. The van der Waals surface area contributed by atoms with Crippen LogP contribution in [0.3, 0.4) is 0 Å². The predicted molar refractivity (Wildman–Crippen MR) is 72.3 cm³/mol. The van der Waals surface area contributed by atoms with E-state index in [2.05, 4.69) is 11.9 Å². The number of nitrogens with one attached hydrogen (secondary N) is 1. The molecule has 19 heavy (non-hydrogen) atoms. The highest BCUT2D eigenvalue weighted by Crippen LogP contribution is 2.46. The average molecular weight is 259 g/mol. The van der Waals surface area contributed by atoms with Crippen LogP contribution in [0, 0.1) is 0 Å². The molecule has 0 bridgehead atoms. The van der Waals surface area contributed by atoms with Crippen LogP contribution in [-0.4, -0.2) is 11.7 Å². The van der Waals surface area contributed by atoms with Crippen LogP contribution in [0.2, 0.25) is 0 Å². The molecule has 4 heteroatoms. The van der Waals surface area contributed by atoms with Crippen molar-refractivity contribution in [2.45, 2.75) is 37.9 Å². The zero-order chi connectivity index (χ0) is 13.3. The van der Waals surface area contributed by atoms with Gasteiger partial charge < -0.3 is 14.8 Å². The summed E-state index contributed by atoms with van der Waals surface area (Å²) in [6.45, 7) is 3.43. The fraction of sp³-hybridized carbons (Fsp3) is 0.400. The number of rotatable bonds is 2. The lowest BCUT2D eigenvalue weighted by Gasteiger charge is -2.31. The second kappa shape index (κ2) is 4.61. The molecular weight excluding hydrogens is 242 g/mol. The van der Waals surface area contributed by atoms with Gasteiger partial charge in [0, 0.05) is 24.6 Å². The summed E-state index contributed by atoms with van der Waals surface area (Å²) in [5.74, 6) is 0.773. The predicted octanol–water partition coefficient (Wildman–Crippen LogP) is 3.24. The second-order valence-corrected chi connectivity index (χ2v) is 5.03. The van der Waals surface area contributed by atoms with Crippen LogP contribution in [0.4, 0.5) is 5.69 Å². The SMILES string of the molecule is C=CC(=O)Nc1ccc2c(c1)OC1(CCCCC1)O2. The third-order valence-corrected chi connectivity index (χ3v) is 3.60. The highest BCUT2D eigenvalue weighted by Gasteiger charge is 2.42. The number of ether oxygens (including phenoxy) is 2. The molecule has 0 aromatic heterocycles. The number of hydrogen-bond acceptors (Lipinski definition) is 3. The van der Waals surface area contributed by atoms with E-state index < -0.39 is 5.79 Å². The van der Waals surface area contributed by atoms with E-state index in [1.54, 1.807) is 6.07 Å². The summed E-state index contributed by atoms with van der Waals surface area (Å²) in [7, 11) is 0. The van der Waals surface area contributed by atoms with Crippen LogP contribution in [-0.2, 0) is 4.79 Å². The number of anilines is 1. The Labute approximate surface area is 112 Å². The lowest BCUT2D eigenvalue weighted by molar-refractivity contribution is -0.111. The quantitative estimate of drug-likeness (QED) is 0.829. The monoisotopic (exact) mass is 259 g/mol. The van der Waals surface area contributed by atoms with Crippen LogP contribution >= 0.6 is 0 Å². The molecule has 1 aromatic rings. The smallest absolute Gasteiger partial charge is 0.251 e. The molecule has 1 saturated carbocycles. The van der Waals surface area contributed by atoms with Gasteiger partial charge in [-0.25, -0.2) is 0 Å². The first-order chi connectivity index (χ1) is 9.21. The minimum Gasteiger partial charge on any atom is -0.448 e. The van der Waals surface area contributed by atoms with Gasteiger partial charge in [-0.15, -0.1) is 0 Å². The number of fused-ring (bicyclic) bond motifs is 1. The molecule has 2 aliphatic rings. The summed E-state index contributed by atoms with van der Waals surface area (Å²) in [6.07, 6.45) is 6.60. The van der Waals surface area contributed by atoms with E-state index >= 15 is 0 Å². The Morgan fingerprint density at radius 1 is 1.21 bits per heavy atom. The Morgan fingerprint density at radius 3 is 2.68 bits per heavy atom. The van der Waals surface area contributed by atoms with Crippen molar-refractivity contribution in [2.75, 3.05) is 5.32 Å². The lowest BCUT2D eigenvalue weighted by Crippen LogP contribution is -2.40. The van der Waals surface area contributed by atoms with Crippen molar-refractivity contribution < 1.29 is 14.3 Å². The first-order valence-corrected chi connectivity index (χ1v) is 6.66. The third-order valence-electron chi connectivity index (χ3n) is 3.60. The van der Waals surface area contributed by atoms with Crippen molar-refractivity contribution in [1.29, 1.82) is 0 Å². The lowest BCUT2D eigenvalue weighted by atomic mass is 9.94. The van der Waals surface area contributed by atoms with Crippen molar-refractivity contribution in [3.8, 4) is 11.5 Å². The van der Waals surface area contributed by atoms with Crippen molar-refractivity contribution in [3.63, 3.8) is 0 Å². The Bertz CT molecular complexity index is 518. The maximum absolute atomic E-state index is 11.3. The summed E-state index contributed by atoms with van der Waals surface area (Å²) >= 11 is 0. The number of carbonyl (C=O) groups is 1. The van der Waals surface area contributed by atoms with Gasteiger partial charge in [0.05, 0.1) is 0 Å². The number of benzene rings is 1. The van der Waals surface area contributed by atoms with Gasteiger partial charge in [0.2, 0.25) is 5.91 Å². The number of hydrogen-bond donors (Lipinski definition) is 1. The molecule has 1 spiro atoms. The van der Waals surface area contributed by atoms with Crippen molar-refractivity contribution in [3.05, 3.63) is 30.9 Å². The fourth-order valence-corrected chi connectivity index (χ4v) is 2.66. The van der Waals surface area contributed by atoms with Crippen molar-refractivity contribution in [1.82, 2.24) is 0 Å². The summed E-state index contributed by atoms with van der Waals surface area (Å²) < 4.78 is 12.0. The molecule has 1 amide bonds. The zero-order valence-corrected chi connectivity index (χ0v) is 10.8. The first kappa shape index (κ1) is 12.1. The van der Waals surface area contributed by atoms with Crippen LogP contribution in [0.15, 0.2) is 30.9 Å². The Hall–Kier alpha value is -1.97. The van der Waals surface area contributed by atoms with Crippen molar-refractivity contribution in [2.24, 2.45) is 0 Å². The molecule has 0 saturated heterocycles. The normalized spacial score (nSPS) is 19.2. The number of carbonyl (C=O) groups excluding carboxylic acids is 1. The molecule has 100 valence electrons. The van der Waals surface area contributed by atoms with Gasteiger partial charge >= 0.3 is 0 Å². The molecule has 1 heterocycles. The highest BCUT2D eigenvalue weighted by atomic mass is 16.7. The summed E-state index contributed by atoms with van der Waals surface area (Å²) in [6, 6.07) is 5.46. The molecule has 1 aliphatic carbocycles. The molecule has 0 unspecified atom stereocenters. The van der Waals surface area contributed by atoms with E-state index in [9.17, 15) is 4.79 Å². The van der Waals surface area contributed by atoms with Gasteiger partial charge in [-0.05, 0) is 31.1 Å². The van der Waals surface area contributed by atoms with E-state index in [0.29, 0.717) is 11.4 Å².